The highest BCUT2D eigenvalue weighted by Crippen LogP contribution is 2.36. The van der Waals surface area contributed by atoms with Crippen LogP contribution < -0.4 is 5.73 Å². The van der Waals surface area contributed by atoms with Gasteiger partial charge in [0.1, 0.15) is 5.82 Å². The third-order valence-electron chi connectivity index (χ3n) is 4.60. The van der Waals surface area contributed by atoms with E-state index >= 15 is 0 Å². The SMILES string of the molecule is CN(CC(N)c1ccc(F)cc1)CC1(N(C)C)CCC1. The van der Waals surface area contributed by atoms with E-state index in [-0.39, 0.29) is 11.9 Å². The molecule has 2 N–H and O–H groups in total. The minimum absolute atomic E-state index is 0.0695. The molecule has 0 bridgehead atoms. The molecule has 1 aliphatic carbocycles. The monoisotopic (exact) mass is 279 g/mol. The van der Waals surface area contributed by atoms with E-state index < -0.39 is 0 Å². The van der Waals surface area contributed by atoms with Crippen LogP contribution >= 0.6 is 0 Å². The van der Waals surface area contributed by atoms with Crippen molar-refractivity contribution in [2.24, 2.45) is 5.73 Å². The minimum Gasteiger partial charge on any atom is -0.323 e. The van der Waals surface area contributed by atoms with Crippen molar-refractivity contribution in [3.05, 3.63) is 35.6 Å². The summed E-state index contributed by atoms with van der Waals surface area (Å²) < 4.78 is 12.9. The average molecular weight is 279 g/mol. The molecule has 1 aromatic carbocycles. The Morgan fingerprint density at radius 1 is 1.20 bits per heavy atom. The molecule has 1 atom stereocenters. The first kappa shape index (κ1) is 15.4. The maximum Gasteiger partial charge on any atom is 0.123 e. The van der Waals surface area contributed by atoms with Gasteiger partial charge in [-0.1, -0.05) is 12.1 Å². The number of halogens is 1. The Bertz CT molecular complexity index is 426. The summed E-state index contributed by atoms with van der Waals surface area (Å²) >= 11 is 0. The van der Waals surface area contributed by atoms with E-state index in [1.54, 1.807) is 12.1 Å². The molecule has 0 amide bonds. The molecule has 0 aliphatic heterocycles. The summed E-state index contributed by atoms with van der Waals surface area (Å²) in [6, 6.07) is 6.43. The maximum atomic E-state index is 12.9. The Labute approximate surface area is 121 Å². The third-order valence-corrected chi connectivity index (χ3v) is 4.60. The molecule has 0 aromatic heterocycles. The van der Waals surface area contributed by atoms with Gasteiger partial charge in [0.15, 0.2) is 0 Å². The molecule has 0 saturated heterocycles. The molecule has 0 spiro atoms. The van der Waals surface area contributed by atoms with Gasteiger partial charge in [0.05, 0.1) is 0 Å². The highest BCUT2D eigenvalue weighted by molar-refractivity contribution is 5.19. The fourth-order valence-electron chi connectivity index (χ4n) is 3.05. The van der Waals surface area contributed by atoms with Crippen LogP contribution in [-0.4, -0.2) is 49.6 Å². The zero-order chi connectivity index (χ0) is 14.8. The van der Waals surface area contributed by atoms with Crippen molar-refractivity contribution in [3.8, 4) is 0 Å². The average Bonchev–Trinajstić information content (AvgIpc) is 2.34. The number of rotatable bonds is 6. The second-order valence-electron chi connectivity index (χ2n) is 6.33. The largest absolute Gasteiger partial charge is 0.323 e. The summed E-state index contributed by atoms with van der Waals surface area (Å²) in [6.07, 6.45) is 3.84. The van der Waals surface area contributed by atoms with E-state index in [1.165, 1.54) is 31.4 Å². The smallest absolute Gasteiger partial charge is 0.123 e. The summed E-state index contributed by atoms with van der Waals surface area (Å²) in [5.74, 6) is -0.213. The van der Waals surface area contributed by atoms with E-state index in [2.05, 4.69) is 30.9 Å². The molecule has 0 heterocycles. The van der Waals surface area contributed by atoms with Crippen LogP contribution in [0, 0.1) is 5.82 Å². The standard InChI is InChI=1S/C16H26FN3/c1-19(2)16(9-4-10-16)12-20(3)11-15(18)13-5-7-14(17)8-6-13/h5-8,15H,4,9-12,18H2,1-3H3. The van der Waals surface area contributed by atoms with Gasteiger partial charge in [-0.15, -0.1) is 0 Å². The lowest BCUT2D eigenvalue weighted by atomic mass is 9.75. The molecule has 112 valence electrons. The molecule has 1 saturated carbocycles. The van der Waals surface area contributed by atoms with Gasteiger partial charge < -0.3 is 15.5 Å². The van der Waals surface area contributed by atoms with Gasteiger partial charge >= 0.3 is 0 Å². The van der Waals surface area contributed by atoms with Crippen LogP contribution in [0.25, 0.3) is 0 Å². The zero-order valence-electron chi connectivity index (χ0n) is 12.8. The van der Waals surface area contributed by atoms with Crippen LogP contribution in [0.15, 0.2) is 24.3 Å². The van der Waals surface area contributed by atoms with Crippen molar-refractivity contribution >= 4 is 0 Å². The van der Waals surface area contributed by atoms with E-state index in [1.807, 2.05) is 0 Å². The van der Waals surface area contributed by atoms with Crippen LogP contribution in [0.3, 0.4) is 0 Å². The first-order valence-electron chi connectivity index (χ1n) is 7.30. The van der Waals surface area contributed by atoms with Crippen molar-refractivity contribution in [1.82, 2.24) is 9.80 Å². The van der Waals surface area contributed by atoms with E-state index in [0.29, 0.717) is 5.54 Å². The normalized spacial score (nSPS) is 19.1. The van der Waals surface area contributed by atoms with Crippen LogP contribution in [0.4, 0.5) is 4.39 Å². The predicted molar refractivity (Wildman–Crippen MR) is 81.1 cm³/mol. The molecule has 3 nitrogen and oxygen atoms in total. The number of benzene rings is 1. The van der Waals surface area contributed by atoms with Crippen molar-refractivity contribution in [1.29, 1.82) is 0 Å². The molecular formula is C16H26FN3. The Balaban J connectivity index is 1.90. The summed E-state index contributed by atoms with van der Waals surface area (Å²) in [7, 11) is 6.44. The molecule has 1 aromatic rings. The van der Waals surface area contributed by atoms with Gasteiger partial charge in [0.25, 0.3) is 0 Å². The van der Waals surface area contributed by atoms with Gasteiger partial charge in [-0.05, 0) is 58.1 Å². The fourth-order valence-corrected chi connectivity index (χ4v) is 3.05. The molecule has 1 aliphatic rings. The van der Waals surface area contributed by atoms with Crippen LogP contribution in [-0.2, 0) is 0 Å². The number of hydrogen-bond acceptors (Lipinski definition) is 3. The molecule has 4 heteroatoms. The second kappa shape index (κ2) is 6.20. The quantitative estimate of drug-likeness (QED) is 0.867. The van der Waals surface area contributed by atoms with Crippen molar-refractivity contribution in [2.45, 2.75) is 30.8 Å². The lowest BCUT2D eigenvalue weighted by molar-refractivity contribution is 0.0265. The van der Waals surface area contributed by atoms with Crippen LogP contribution in [0.2, 0.25) is 0 Å². The molecular weight excluding hydrogens is 253 g/mol. The Morgan fingerprint density at radius 2 is 1.80 bits per heavy atom. The van der Waals surface area contributed by atoms with Crippen molar-refractivity contribution in [2.75, 3.05) is 34.2 Å². The summed E-state index contributed by atoms with van der Waals surface area (Å²) in [4.78, 5) is 4.64. The van der Waals surface area contributed by atoms with Gasteiger partial charge in [-0.3, -0.25) is 0 Å². The second-order valence-corrected chi connectivity index (χ2v) is 6.33. The van der Waals surface area contributed by atoms with Crippen molar-refractivity contribution < 1.29 is 4.39 Å². The van der Waals surface area contributed by atoms with Gasteiger partial charge in [-0.2, -0.15) is 0 Å². The van der Waals surface area contributed by atoms with Crippen molar-refractivity contribution in [3.63, 3.8) is 0 Å². The maximum absolute atomic E-state index is 12.9. The van der Waals surface area contributed by atoms with Crippen LogP contribution in [0.5, 0.6) is 0 Å². The first-order chi connectivity index (χ1) is 9.43. The van der Waals surface area contributed by atoms with Gasteiger partial charge in [-0.25, -0.2) is 4.39 Å². The molecule has 1 fully saturated rings. The Morgan fingerprint density at radius 3 is 2.25 bits per heavy atom. The lowest BCUT2D eigenvalue weighted by Crippen LogP contribution is -2.57. The number of hydrogen-bond donors (Lipinski definition) is 1. The van der Waals surface area contributed by atoms with E-state index in [4.69, 9.17) is 5.73 Å². The minimum atomic E-state index is -0.213. The summed E-state index contributed by atoms with van der Waals surface area (Å²) in [5, 5.41) is 0. The summed E-state index contributed by atoms with van der Waals surface area (Å²) in [5.41, 5.74) is 7.53. The molecule has 1 unspecified atom stereocenters. The number of likely N-dealkylation sites (N-methyl/N-ethyl adjacent to an activating group) is 2. The van der Waals surface area contributed by atoms with Gasteiger partial charge in [0, 0.05) is 24.7 Å². The zero-order valence-corrected chi connectivity index (χ0v) is 12.8. The highest BCUT2D eigenvalue weighted by atomic mass is 19.1. The number of nitrogens with zero attached hydrogens (tertiary/aromatic N) is 2. The molecule has 20 heavy (non-hydrogen) atoms. The van der Waals surface area contributed by atoms with E-state index in [9.17, 15) is 4.39 Å². The molecule has 2 rings (SSSR count). The Hall–Kier alpha value is -0.970. The topological polar surface area (TPSA) is 32.5 Å². The summed E-state index contributed by atoms with van der Waals surface area (Å²) in [6.45, 7) is 1.83. The number of nitrogens with two attached hydrogens (primary N) is 1. The lowest BCUT2D eigenvalue weighted by Gasteiger charge is -2.49. The van der Waals surface area contributed by atoms with E-state index in [0.717, 1.165) is 18.7 Å². The highest BCUT2D eigenvalue weighted by Gasteiger charge is 2.39. The fraction of sp³-hybridized carbons (Fsp3) is 0.625. The van der Waals surface area contributed by atoms with Crippen LogP contribution in [0.1, 0.15) is 30.9 Å². The first-order valence-corrected chi connectivity index (χ1v) is 7.30. The van der Waals surface area contributed by atoms with Gasteiger partial charge in [0.2, 0.25) is 0 Å². The molecule has 0 radical (unpaired) electrons. The third kappa shape index (κ3) is 3.37. The Kier molecular flexibility index (Phi) is 4.78. The predicted octanol–water partition coefficient (Wildman–Crippen LogP) is 2.24.